The van der Waals surface area contributed by atoms with Crippen molar-refractivity contribution in [3.05, 3.63) is 72.2 Å². The lowest BCUT2D eigenvalue weighted by molar-refractivity contribution is 0.355. The summed E-state index contributed by atoms with van der Waals surface area (Å²) in [4.78, 5) is 8.49. The van der Waals surface area contributed by atoms with Gasteiger partial charge in [-0.3, -0.25) is 4.99 Å². The molecule has 1 heterocycles. The number of hydrogen-bond donors (Lipinski definition) is 2. The molecule has 0 saturated heterocycles. The van der Waals surface area contributed by atoms with Gasteiger partial charge in [0.15, 0.2) is 17.5 Å². The second-order valence-corrected chi connectivity index (χ2v) is 6.15. The lowest BCUT2D eigenvalue weighted by atomic mass is 10.2. The molecule has 0 fully saturated rings. The third-order valence-electron chi connectivity index (χ3n) is 4.18. The molecule has 0 spiro atoms. The Labute approximate surface area is 174 Å². The predicted molar refractivity (Wildman–Crippen MR) is 114 cm³/mol. The van der Waals surface area contributed by atoms with E-state index in [9.17, 15) is 4.39 Å². The Kier molecular flexibility index (Phi) is 7.05. The maximum absolute atomic E-state index is 13.4. The maximum Gasteiger partial charge on any atom is 0.224 e. The highest BCUT2D eigenvalue weighted by Gasteiger charge is 2.09. The molecule has 1 aromatic heterocycles. The number of nitrogens with one attached hydrogen (secondary N) is 2. The van der Waals surface area contributed by atoms with Gasteiger partial charge in [0.25, 0.3) is 0 Å². The van der Waals surface area contributed by atoms with Gasteiger partial charge in [0.05, 0.1) is 14.2 Å². The van der Waals surface area contributed by atoms with Gasteiger partial charge in [-0.15, -0.1) is 0 Å². The Morgan fingerprint density at radius 3 is 2.60 bits per heavy atom. The van der Waals surface area contributed by atoms with Gasteiger partial charge in [0.2, 0.25) is 5.88 Å². The van der Waals surface area contributed by atoms with Crippen LogP contribution in [0.25, 0.3) is 0 Å². The van der Waals surface area contributed by atoms with Gasteiger partial charge in [-0.2, -0.15) is 0 Å². The number of ether oxygens (including phenoxy) is 3. The number of anilines is 1. The lowest BCUT2D eigenvalue weighted by Crippen LogP contribution is -2.30. The van der Waals surface area contributed by atoms with Crippen LogP contribution in [-0.2, 0) is 6.54 Å². The van der Waals surface area contributed by atoms with E-state index in [2.05, 4.69) is 20.6 Å². The van der Waals surface area contributed by atoms with E-state index < -0.39 is 0 Å². The number of aromatic nitrogens is 1. The molecule has 0 saturated carbocycles. The molecule has 3 rings (SSSR count). The second kappa shape index (κ2) is 10.1. The van der Waals surface area contributed by atoms with Crippen molar-refractivity contribution < 1.29 is 18.6 Å². The van der Waals surface area contributed by atoms with Crippen molar-refractivity contribution in [3.8, 4) is 23.1 Å². The summed E-state index contributed by atoms with van der Waals surface area (Å²) in [5.41, 5.74) is 1.57. The van der Waals surface area contributed by atoms with Crippen molar-refractivity contribution in [3.63, 3.8) is 0 Å². The van der Waals surface area contributed by atoms with E-state index in [1.54, 1.807) is 51.7 Å². The van der Waals surface area contributed by atoms with Gasteiger partial charge in [-0.05, 0) is 30.3 Å². The van der Waals surface area contributed by atoms with Gasteiger partial charge in [0, 0.05) is 43.2 Å². The van der Waals surface area contributed by atoms with Crippen LogP contribution in [0.5, 0.6) is 23.1 Å². The van der Waals surface area contributed by atoms with Gasteiger partial charge in [-0.25, -0.2) is 9.37 Å². The molecular formula is C22H23FN4O3. The number of hydrogen-bond acceptors (Lipinski definition) is 5. The number of benzene rings is 2. The van der Waals surface area contributed by atoms with Crippen LogP contribution in [0.2, 0.25) is 0 Å². The fourth-order valence-corrected chi connectivity index (χ4v) is 2.70. The highest BCUT2D eigenvalue weighted by molar-refractivity contribution is 5.93. The first-order valence-electron chi connectivity index (χ1n) is 9.20. The van der Waals surface area contributed by atoms with Crippen LogP contribution in [0.1, 0.15) is 5.56 Å². The summed E-state index contributed by atoms with van der Waals surface area (Å²) in [6, 6.07) is 15.1. The van der Waals surface area contributed by atoms with Gasteiger partial charge in [0.1, 0.15) is 11.6 Å². The minimum atomic E-state index is -0.373. The van der Waals surface area contributed by atoms with Crippen LogP contribution >= 0.6 is 0 Å². The van der Waals surface area contributed by atoms with Gasteiger partial charge in [-0.1, -0.05) is 12.1 Å². The van der Waals surface area contributed by atoms with Gasteiger partial charge < -0.3 is 24.8 Å². The average Bonchev–Trinajstić information content (AvgIpc) is 2.77. The smallest absolute Gasteiger partial charge is 0.224 e. The molecule has 0 unspecified atom stereocenters. The molecule has 0 bridgehead atoms. The minimum Gasteiger partial charge on any atom is -0.493 e. The normalized spacial score (nSPS) is 11.0. The molecule has 8 heteroatoms. The van der Waals surface area contributed by atoms with E-state index in [0.29, 0.717) is 35.6 Å². The zero-order valence-electron chi connectivity index (χ0n) is 17.0. The topological polar surface area (TPSA) is 77.0 Å². The Morgan fingerprint density at radius 2 is 1.87 bits per heavy atom. The zero-order chi connectivity index (χ0) is 21.3. The van der Waals surface area contributed by atoms with Crippen molar-refractivity contribution in [1.82, 2.24) is 10.3 Å². The van der Waals surface area contributed by atoms with E-state index in [1.165, 1.54) is 12.1 Å². The molecule has 0 radical (unpaired) electrons. The summed E-state index contributed by atoms with van der Waals surface area (Å²) in [6.45, 7) is 0.394. The first-order chi connectivity index (χ1) is 14.6. The molecule has 0 aliphatic rings. The van der Waals surface area contributed by atoms with Crippen molar-refractivity contribution in [2.24, 2.45) is 4.99 Å². The van der Waals surface area contributed by atoms with Crippen molar-refractivity contribution in [2.45, 2.75) is 6.54 Å². The van der Waals surface area contributed by atoms with Crippen LogP contribution < -0.4 is 24.8 Å². The molecular weight excluding hydrogens is 387 g/mol. The Hall–Kier alpha value is -3.81. The highest BCUT2D eigenvalue weighted by atomic mass is 19.1. The van der Waals surface area contributed by atoms with E-state index >= 15 is 0 Å². The first-order valence-corrected chi connectivity index (χ1v) is 9.20. The fourth-order valence-electron chi connectivity index (χ4n) is 2.70. The number of aliphatic imine (C=N–C) groups is 1. The fraction of sp³-hybridized carbons (Fsp3) is 0.182. The van der Waals surface area contributed by atoms with E-state index in [4.69, 9.17) is 14.2 Å². The largest absolute Gasteiger partial charge is 0.493 e. The van der Waals surface area contributed by atoms with Gasteiger partial charge >= 0.3 is 0 Å². The molecule has 3 aromatic rings. The number of rotatable bonds is 7. The predicted octanol–water partition coefficient (Wildman–Crippen LogP) is 4.22. The summed E-state index contributed by atoms with van der Waals surface area (Å²) in [5, 5.41) is 6.40. The molecule has 156 valence electrons. The number of guanidine groups is 1. The quantitative estimate of drug-likeness (QED) is 0.449. The SMILES string of the molecule is CN=C(NCc1cccnc1Oc1cccc(F)c1)Nc1ccc(OC)c(OC)c1. The summed E-state index contributed by atoms with van der Waals surface area (Å²) in [7, 11) is 4.84. The summed E-state index contributed by atoms with van der Waals surface area (Å²) in [5.74, 6) is 2.18. The highest BCUT2D eigenvalue weighted by Crippen LogP contribution is 2.29. The molecule has 0 aliphatic carbocycles. The van der Waals surface area contributed by atoms with Crippen LogP contribution in [0.15, 0.2) is 65.8 Å². The summed E-state index contributed by atoms with van der Waals surface area (Å²) < 4.78 is 29.8. The monoisotopic (exact) mass is 410 g/mol. The standard InChI is InChI=1S/C22H23FN4O3/c1-24-22(27-17-9-10-19(28-2)20(13-17)29-3)26-14-15-6-5-11-25-21(15)30-18-8-4-7-16(23)12-18/h4-13H,14H2,1-3H3,(H2,24,26,27). The van der Waals surface area contributed by atoms with Crippen LogP contribution in [0, 0.1) is 5.82 Å². The minimum absolute atomic E-state index is 0.373. The zero-order valence-corrected chi connectivity index (χ0v) is 17.0. The third-order valence-corrected chi connectivity index (χ3v) is 4.18. The number of halogens is 1. The van der Waals surface area contributed by atoms with Crippen LogP contribution in [0.4, 0.5) is 10.1 Å². The van der Waals surface area contributed by atoms with E-state index in [1.807, 2.05) is 18.2 Å². The maximum atomic E-state index is 13.4. The molecule has 0 atom stereocenters. The molecule has 2 N–H and O–H groups in total. The van der Waals surface area contributed by atoms with Crippen molar-refractivity contribution >= 4 is 11.6 Å². The molecule has 0 aliphatic heterocycles. The van der Waals surface area contributed by atoms with Crippen molar-refractivity contribution in [1.29, 1.82) is 0 Å². The summed E-state index contributed by atoms with van der Waals surface area (Å²) in [6.07, 6.45) is 1.62. The molecule has 0 amide bonds. The molecule has 30 heavy (non-hydrogen) atoms. The Bertz CT molecular complexity index is 1030. The second-order valence-electron chi connectivity index (χ2n) is 6.15. The Balaban J connectivity index is 1.68. The average molecular weight is 410 g/mol. The van der Waals surface area contributed by atoms with E-state index in [0.717, 1.165) is 11.3 Å². The van der Waals surface area contributed by atoms with E-state index in [-0.39, 0.29) is 5.82 Å². The molecule has 2 aromatic carbocycles. The first kappa shape index (κ1) is 20.9. The van der Waals surface area contributed by atoms with Crippen LogP contribution in [-0.4, -0.2) is 32.2 Å². The molecule has 7 nitrogen and oxygen atoms in total. The number of pyridine rings is 1. The van der Waals surface area contributed by atoms with Crippen molar-refractivity contribution in [2.75, 3.05) is 26.6 Å². The third kappa shape index (κ3) is 5.38. The number of methoxy groups -OCH3 is 2. The lowest BCUT2D eigenvalue weighted by Gasteiger charge is -2.15. The number of nitrogens with zero attached hydrogens (tertiary/aromatic N) is 2. The van der Waals surface area contributed by atoms with Crippen LogP contribution in [0.3, 0.4) is 0 Å². The summed E-state index contributed by atoms with van der Waals surface area (Å²) >= 11 is 0. The Morgan fingerprint density at radius 1 is 1.03 bits per heavy atom.